The van der Waals surface area contributed by atoms with E-state index in [2.05, 4.69) is 10.5 Å². The zero-order chi connectivity index (χ0) is 16.8. The van der Waals surface area contributed by atoms with Crippen molar-refractivity contribution in [3.63, 3.8) is 0 Å². The summed E-state index contributed by atoms with van der Waals surface area (Å²) in [6.07, 6.45) is -0.276. The topological polar surface area (TPSA) is 76.7 Å². The molecule has 0 aliphatic heterocycles. The second-order valence-electron chi connectivity index (χ2n) is 5.27. The Hall–Kier alpha value is -3.34. The number of nitrogens with zero attached hydrogens (tertiary/aromatic N) is 1. The van der Waals surface area contributed by atoms with Gasteiger partial charge in [-0.2, -0.15) is 0 Å². The molecule has 5 heteroatoms. The highest BCUT2D eigenvalue weighted by Gasteiger charge is 2.06. The Balaban J connectivity index is 1.64. The van der Waals surface area contributed by atoms with Gasteiger partial charge >= 0.3 is 6.09 Å². The van der Waals surface area contributed by atoms with Gasteiger partial charge in [0.2, 0.25) is 0 Å². The van der Waals surface area contributed by atoms with Crippen molar-refractivity contribution < 1.29 is 9.63 Å². The number of nitrogens with one attached hydrogen (secondary N) is 1. The molecule has 0 aliphatic carbocycles. The van der Waals surface area contributed by atoms with Crippen LogP contribution in [0.4, 0.5) is 10.5 Å². The van der Waals surface area contributed by atoms with E-state index in [0.717, 1.165) is 16.3 Å². The second kappa shape index (κ2) is 7.28. The van der Waals surface area contributed by atoms with E-state index in [9.17, 15) is 4.79 Å². The Kier molecular flexibility index (Phi) is 4.72. The van der Waals surface area contributed by atoms with Crippen LogP contribution in [0, 0.1) is 0 Å². The van der Waals surface area contributed by atoms with E-state index >= 15 is 0 Å². The largest absolute Gasteiger partial charge is 0.437 e. The minimum atomic E-state index is -0.679. The Bertz CT molecular complexity index is 871. The highest BCUT2D eigenvalue weighted by molar-refractivity contribution is 5.92. The fourth-order valence-corrected chi connectivity index (χ4v) is 2.44. The molecule has 0 saturated heterocycles. The number of oxime groups is 1. The lowest BCUT2D eigenvalue weighted by molar-refractivity contribution is 0.166. The highest BCUT2D eigenvalue weighted by atomic mass is 16.7. The van der Waals surface area contributed by atoms with E-state index in [1.807, 2.05) is 60.7 Å². The lowest BCUT2D eigenvalue weighted by Crippen LogP contribution is -2.18. The number of benzene rings is 3. The summed E-state index contributed by atoms with van der Waals surface area (Å²) in [4.78, 5) is 16.5. The van der Waals surface area contributed by atoms with E-state index in [0.29, 0.717) is 12.1 Å². The van der Waals surface area contributed by atoms with Crippen molar-refractivity contribution in [1.29, 1.82) is 0 Å². The number of nitrogens with two attached hydrogens (primary N) is 1. The number of amides is 1. The van der Waals surface area contributed by atoms with Crippen LogP contribution in [0.5, 0.6) is 0 Å². The third-order valence-electron chi connectivity index (χ3n) is 3.52. The predicted molar refractivity (Wildman–Crippen MR) is 95.8 cm³/mol. The quantitative estimate of drug-likeness (QED) is 0.331. The summed E-state index contributed by atoms with van der Waals surface area (Å²) in [7, 11) is 0. The fourth-order valence-electron chi connectivity index (χ4n) is 2.44. The third-order valence-corrected chi connectivity index (χ3v) is 3.52. The molecule has 3 aromatic carbocycles. The number of amidine groups is 1. The van der Waals surface area contributed by atoms with E-state index in [4.69, 9.17) is 10.6 Å². The maximum absolute atomic E-state index is 11.7. The number of fused-ring (bicyclic) bond motifs is 1. The monoisotopic (exact) mass is 319 g/mol. The molecule has 0 fully saturated rings. The molecule has 3 rings (SSSR count). The zero-order valence-electron chi connectivity index (χ0n) is 13.0. The normalized spacial score (nSPS) is 11.2. The molecule has 120 valence electrons. The zero-order valence-corrected chi connectivity index (χ0v) is 13.0. The molecule has 0 radical (unpaired) electrons. The highest BCUT2D eigenvalue weighted by Crippen LogP contribution is 2.18. The van der Waals surface area contributed by atoms with Gasteiger partial charge in [0.15, 0.2) is 0 Å². The van der Waals surface area contributed by atoms with Crippen molar-refractivity contribution in [2.45, 2.75) is 6.42 Å². The summed E-state index contributed by atoms with van der Waals surface area (Å²) in [5.74, 6) is 0.231. The van der Waals surface area contributed by atoms with Gasteiger partial charge in [-0.1, -0.05) is 65.8 Å². The van der Waals surface area contributed by atoms with Gasteiger partial charge in [-0.05, 0) is 28.5 Å². The molecule has 0 spiro atoms. The van der Waals surface area contributed by atoms with Crippen LogP contribution in [0.25, 0.3) is 10.8 Å². The number of para-hydroxylation sites is 1. The van der Waals surface area contributed by atoms with Crippen molar-refractivity contribution >= 4 is 28.4 Å². The van der Waals surface area contributed by atoms with E-state index in [1.54, 1.807) is 12.1 Å². The molecule has 0 saturated carbocycles. The number of carbonyl (C=O) groups is 1. The molecule has 0 aliphatic rings. The van der Waals surface area contributed by atoms with Gasteiger partial charge in [0, 0.05) is 12.1 Å². The molecule has 0 bridgehead atoms. The first-order valence-corrected chi connectivity index (χ1v) is 7.54. The van der Waals surface area contributed by atoms with Gasteiger partial charge in [-0.3, -0.25) is 10.2 Å². The smallest absolute Gasteiger partial charge is 0.384 e. The minimum absolute atomic E-state index is 0.231. The summed E-state index contributed by atoms with van der Waals surface area (Å²) in [6.45, 7) is 0. The summed E-state index contributed by atoms with van der Waals surface area (Å²) >= 11 is 0. The van der Waals surface area contributed by atoms with Crippen molar-refractivity contribution in [3.8, 4) is 0 Å². The molecular formula is C19H17N3O2. The molecule has 24 heavy (non-hydrogen) atoms. The molecule has 0 unspecified atom stereocenters. The van der Waals surface area contributed by atoms with Crippen LogP contribution >= 0.6 is 0 Å². The summed E-state index contributed by atoms with van der Waals surface area (Å²) in [6, 6.07) is 23.0. The maximum atomic E-state index is 11.7. The van der Waals surface area contributed by atoms with Crippen LogP contribution < -0.4 is 11.1 Å². The molecule has 0 atom stereocenters. The Morgan fingerprint density at radius 1 is 0.958 bits per heavy atom. The van der Waals surface area contributed by atoms with Gasteiger partial charge in [0.25, 0.3) is 0 Å². The van der Waals surface area contributed by atoms with Crippen molar-refractivity contribution in [2.75, 3.05) is 5.32 Å². The van der Waals surface area contributed by atoms with Crippen LogP contribution in [-0.4, -0.2) is 11.9 Å². The number of hydrogen-bond acceptors (Lipinski definition) is 3. The summed E-state index contributed by atoms with van der Waals surface area (Å²) in [5, 5.41) is 8.51. The first-order valence-electron chi connectivity index (χ1n) is 7.54. The summed E-state index contributed by atoms with van der Waals surface area (Å²) in [5.41, 5.74) is 7.54. The molecule has 5 nitrogen and oxygen atoms in total. The predicted octanol–water partition coefficient (Wildman–Crippen LogP) is 3.90. The number of hydrogen-bond donors (Lipinski definition) is 2. The SMILES string of the molecule is N/C(Cc1cccc2ccccc12)=N\OC(=O)Nc1ccccc1. The lowest BCUT2D eigenvalue weighted by atomic mass is 10.0. The molecule has 0 aromatic heterocycles. The van der Waals surface area contributed by atoms with E-state index < -0.39 is 6.09 Å². The van der Waals surface area contributed by atoms with Crippen molar-refractivity contribution in [3.05, 3.63) is 78.4 Å². The van der Waals surface area contributed by atoms with Crippen molar-refractivity contribution in [1.82, 2.24) is 0 Å². The van der Waals surface area contributed by atoms with Crippen LogP contribution in [0.1, 0.15) is 5.56 Å². The molecule has 3 aromatic rings. The van der Waals surface area contributed by atoms with Gasteiger partial charge in [0.05, 0.1) is 0 Å². The van der Waals surface area contributed by atoms with Crippen molar-refractivity contribution in [2.24, 2.45) is 10.9 Å². The van der Waals surface area contributed by atoms with Crippen LogP contribution in [0.2, 0.25) is 0 Å². The maximum Gasteiger partial charge on any atom is 0.437 e. The lowest BCUT2D eigenvalue weighted by Gasteiger charge is -2.06. The van der Waals surface area contributed by atoms with Crippen LogP contribution in [0.3, 0.4) is 0 Å². The average Bonchev–Trinajstić information content (AvgIpc) is 2.61. The number of carbonyl (C=O) groups excluding carboxylic acids is 1. The fraction of sp³-hybridized carbons (Fsp3) is 0.0526. The van der Waals surface area contributed by atoms with E-state index in [-0.39, 0.29) is 5.84 Å². The average molecular weight is 319 g/mol. The number of rotatable bonds is 4. The Morgan fingerprint density at radius 2 is 1.67 bits per heavy atom. The third kappa shape index (κ3) is 3.89. The standard InChI is InChI=1S/C19H17N3O2/c20-18(22-24-19(23)21-16-10-2-1-3-11-16)13-15-9-6-8-14-7-4-5-12-17(14)15/h1-12H,13H2,(H2,20,22)(H,21,23). The van der Waals surface area contributed by atoms with Gasteiger partial charge in [-0.15, -0.1) is 0 Å². The van der Waals surface area contributed by atoms with Gasteiger partial charge in [0.1, 0.15) is 5.84 Å². The molecule has 3 N–H and O–H groups in total. The Labute approximate surface area is 139 Å². The van der Waals surface area contributed by atoms with Crippen LogP contribution in [-0.2, 0) is 11.3 Å². The van der Waals surface area contributed by atoms with Gasteiger partial charge < -0.3 is 5.73 Å². The van der Waals surface area contributed by atoms with Gasteiger partial charge in [-0.25, -0.2) is 4.79 Å². The Morgan fingerprint density at radius 3 is 2.50 bits per heavy atom. The first kappa shape index (κ1) is 15.6. The van der Waals surface area contributed by atoms with Crippen LogP contribution in [0.15, 0.2) is 78.0 Å². The summed E-state index contributed by atoms with van der Waals surface area (Å²) < 4.78 is 0. The number of anilines is 1. The second-order valence-corrected chi connectivity index (χ2v) is 5.27. The molecule has 1 amide bonds. The molecule has 0 heterocycles. The minimum Gasteiger partial charge on any atom is -0.384 e. The molecular weight excluding hydrogens is 302 g/mol. The first-order chi connectivity index (χ1) is 11.7. The van der Waals surface area contributed by atoms with E-state index in [1.165, 1.54) is 0 Å².